The molecule has 1 saturated heterocycles. The van der Waals surface area contributed by atoms with Crippen molar-refractivity contribution in [1.29, 1.82) is 0 Å². The second-order valence-corrected chi connectivity index (χ2v) is 6.26. The van der Waals surface area contributed by atoms with Crippen LogP contribution in [-0.2, 0) is 16.1 Å². The second kappa shape index (κ2) is 5.68. The molecular formula is C16H19ClN2O2. The number of nitrogens with zero attached hydrogens (tertiary/aromatic N) is 1. The van der Waals surface area contributed by atoms with E-state index < -0.39 is 5.41 Å². The second-order valence-electron chi connectivity index (χ2n) is 5.86. The maximum Gasteiger partial charge on any atom is 0.238 e. The molecule has 0 spiro atoms. The number of likely N-dealkylation sites (tertiary alicyclic amines) is 1. The van der Waals surface area contributed by atoms with Crippen molar-refractivity contribution in [1.82, 2.24) is 10.2 Å². The van der Waals surface area contributed by atoms with Gasteiger partial charge < -0.3 is 10.2 Å². The fourth-order valence-electron chi connectivity index (χ4n) is 2.87. The van der Waals surface area contributed by atoms with Gasteiger partial charge in [0.25, 0.3) is 0 Å². The molecule has 1 aliphatic heterocycles. The average Bonchev–Trinajstić information content (AvgIpc) is 3.12. The van der Waals surface area contributed by atoms with Crippen LogP contribution in [0.4, 0.5) is 0 Å². The third-order valence-electron chi connectivity index (χ3n) is 4.38. The summed E-state index contributed by atoms with van der Waals surface area (Å²) in [6.07, 6.45) is 3.42. The standard InChI is InChI=1S/C16H19ClN2O2/c17-13-6-2-1-5-12(13)11-18-14(20)16(7-8-16)15(21)19-9-3-4-10-19/h1-2,5-6H,3-4,7-11H2,(H,18,20). The van der Waals surface area contributed by atoms with Crippen LogP contribution in [0.5, 0.6) is 0 Å². The van der Waals surface area contributed by atoms with E-state index in [2.05, 4.69) is 5.32 Å². The lowest BCUT2D eigenvalue weighted by molar-refractivity contribution is -0.143. The Balaban J connectivity index is 1.62. The van der Waals surface area contributed by atoms with E-state index in [9.17, 15) is 9.59 Å². The Bertz CT molecular complexity index is 563. The topological polar surface area (TPSA) is 49.4 Å². The van der Waals surface area contributed by atoms with E-state index in [0.29, 0.717) is 24.4 Å². The van der Waals surface area contributed by atoms with Crippen LogP contribution in [0.1, 0.15) is 31.2 Å². The van der Waals surface area contributed by atoms with E-state index in [1.807, 2.05) is 23.1 Å². The van der Waals surface area contributed by atoms with Gasteiger partial charge in [0, 0.05) is 24.7 Å². The Hall–Kier alpha value is -1.55. The van der Waals surface area contributed by atoms with Gasteiger partial charge in [-0.05, 0) is 37.3 Å². The number of rotatable bonds is 4. The molecule has 0 aromatic heterocycles. The van der Waals surface area contributed by atoms with Crippen molar-refractivity contribution < 1.29 is 9.59 Å². The predicted octanol–water partition coefficient (Wildman–Crippen LogP) is 2.36. The molecule has 2 fully saturated rings. The average molecular weight is 307 g/mol. The minimum atomic E-state index is -0.800. The van der Waals surface area contributed by atoms with Crippen LogP contribution in [0.2, 0.25) is 5.02 Å². The fourth-order valence-corrected chi connectivity index (χ4v) is 3.07. The van der Waals surface area contributed by atoms with Crippen molar-refractivity contribution in [3.05, 3.63) is 34.9 Å². The van der Waals surface area contributed by atoms with Gasteiger partial charge in [-0.1, -0.05) is 29.8 Å². The van der Waals surface area contributed by atoms with Crippen LogP contribution in [0, 0.1) is 5.41 Å². The van der Waals surface area contributed by atoms with Crippen molar-refractivity contribution in [3.8, 4) is 0 Å². The van der Waals surface area contributed by atoms with E-state index in [0.717, 1.165) is 31.5 Å². The Labute approximate surface area is 129 Å². The highest BCUT2D eigenvalue weighted by Crippen LogP contribution is 2.48. The Morgan fingerprint density at radius 2 is 1.86 bits per heavy atom. The molecule has 21 heavy (non-hydrogen) atoms. The summed E-state index contributed by atoms with van der Waals surface area (Å²) in [5.74, 6) is -0.143. The van der Waals surface area contributed by atoms with Crippen LogP contribution in [0.25, 0.3) is 0 Å². The fraction of sp³-hybridized carbons (Fsp3) is 0.500. The molecule has 2 amide bonds. The highest BCUT2D eigenvalue weighted by Gasteiger charge is 2.58. The number of benzene rings is 1. The monoisotopic (exact) mass is 306 g/mol. The predicted molar refractivity (Wildman–Crippen MR) is 80.8 cm³/mol. The molecule has 2 aliphatic rings. The minimum Gasteiger partial charge on any atom is -0.351 e. The molecule has 0 atom stereocenters. The zero-order valence-corrected chi connectivity index (χ0v) is 12.7. The van der Waals surface area contributed by atoms with E-state index in [-0.39, 0.29) is 11.8 Å². The zero-order valence-electron chi connectivity index (χ0n) is 11.9. The van der Waals surface area contributed by atoms with Crippen LogP contribution < -0.4 is 5.32 Å². The van der Waals surface area contributed by atoms with E-state index in [4.69, 9.17) is 11.6 Å². The number of nitrogens with one attached hydrogen (secondary N) is 1. The lowest BCUT2D eigenvalue weighted by atomic mass is 10.0. The molecule has 1 aliphatic carbocycles. The Kier molecular flexibility index (Phi) is 3.89. The molecule has 0 radical (unpaired) electrons. The molecule has 112 valence electrons. The summed E-state index contributed by atoms with van der Waals surface area (Å²) in [5.41, 5.74) is 0.0722. The molecule has 1 N–H and O–H groups in total. The summed E-state index contributed by atoms with van der Waals surface area (Å²) in [5, 5.41) is 3.51. The highest BCUT2D eigenvalue weighted by molar-refractivity contribution is 6.31. The third-order valence-corrected chi connectivity index (χ3v) is 4.75. The number of carbonyl (C=O) groups is 2. The molecule has 5 heteroatoms. The summed E-state index contributed by atoms with van der Waals surface area (Å²) in [6.45, 7) is 1.95. The molecule has 1 aromatic rings. The van der Waals surface area contributed by atoms with Crippen molar-refractivity contribution in [2.24, 2.45) is 5.41 Å². The van der Waals surface area contributed by atoms with Crippen LogP contribution in [0.15, 0.2) is 24.3 Å². The van der Waals surface area contributed by atoms with E-state index in [1.165, 1.54) is 0 Å². The van der Waals surface area contributed by atoms with Crippen molar-refractivity contribution >= 4 is 23.4 Å². The van der Waals surface area contributed by atoms with Crippen LogP contribution in [-0.4, -0.2) is 29.8 Å². The third kappa shape index (κ3) is 2.77. The number of hydrogen-bond donors (Lipinski definition) is 1. The molecule has 4 nitrogen and oxygen atoms in total. The summed E-state index contributed by atoms with van der Waals surface area (Å²) < 4.78 is 0. The maximum absolute atomic E-state index is 12.5. The minimum absolute atomic E-state index is 0.0108. The summed E-state index contributed by atoms with van der Waals surface area (Å²) >= 11 is 6.08. The molecule has 3 rings (SSSR count). The van der Waals surface area contributed by atoms with Gasteiger partial charge in [-0.2, -0.15) is 0 Å². The Morgan fingerprint density at radius 1 is 1.19 bits per heavy atom. The van der Waals surface area contributed by atoms with Gasteiger partial charge in [0.1, 0.15) is 5.41 Å². The molecule has 1 saturated carbocycles. The first kappa shape index (κ1) is 14.4. The first-order chi connectivity index (χ1) is 10.1. The summed E-state index contributed by atoms with van der Waals surface area (Å²) in [7, 11) is 0. The van der Waals surface area contributed by atoms with Gasteiger partial charge in [-0.3, -0.25) is 9.59 Å². The molecular weight excluding hydrogens is 288 g/mol. The van der Waals surface area contributed by atoms with Gasteiger partial charge in [0.2, 0.25) is 11.8 Å². The smallest absolute Gasteiger partial charge is 0.238 e. The quantitative estimate of drug-likeness (QED) is 0.868. The van der Waals surface area contributed by atoms with Gasteiger partial charge in [-0.15, -0.1) is 0 Å². The zero-order chi connectivity index (χ0) is 14.9. The van der Waals surface area contributed by atoms with Crippen molar-refractivity contribution in [2.75, 3.05) is 13.1 Å². The normalized spacial score (nSPS) is 19.4. The number of carbonyl (C=O) groups excluding carboxylic acids is 2. The van der Waals surface area contributed by atoms with Crippen molar-refractivity contribution in [3.63, 3.8) is 0 Å². The lowest BCUT2D eigenvalue weighted by Crippen LogP contribution is -2.44. The molecule has 0 bridgehead atoms. The number of amides is 2. The van der Waals surface area contributed by atoms with Crippen LogP contribution >= 0.6 is 11.6 Å². The van der Waals surface area contributed by atoms with Gasteiger partial charge in [0.15, 0.2) is 0 Å². The molecule has 1 aromatic carbocycles. The summed E-state index contributed by atoms with van der Waals surface area (Å²) in [6, 6.07) is 7.42. The van der Waals surface area contributed by atoms with Crippen molar-refractivity contribution in [2.45, 2.75) is 32.2 Å². The van der Waals surface area contributed by atoms with Gasteiger partial charge in [-0.25, -0.2) is 0 Å². The maximum atomic E-state index is 12.5. The largest absolute Gasteiger partial charge is 0.351 e. The molecule has 0 unspecified atom stereocenters. The van der Waals surface area contributed by atoms with E-state index in [1.54, 1.807) is 6.07 Å². The van der Waals surface area contributed by atoms with Crippen LogP contribution in [0.3, 0.4) is 0 Å². The SMILES string of the molecule is O=C(NCc1ccccc1Cl)C1(C(=O)N2CCCC2)CC1. The van der Waals surface area contributed by atoms with Gasteiger partial charge >= 0.3 is 0 Å². The van der Waals surface area contributed by atoms with Gasteiger partial charge in [0.05, 0.1) is 0 Å². The highest BCUT2D eigenvalue weighted by atomic mass is 35.5. The summed E-state index contributed by atoms with van der Waals surface area (Å²) in [4.78, 5) is 26.7. The van der Waals surface area contributed by atoms with E-state index >= 15 is 0 Å². The molecule has 1 heterocycles. The number of halogens is 1. The lowest BCUT2D eigenvalue weighted by Gasteiger charge is -2.22. The first-order valence-corrected chi connectivity index (χ1v) is 7.82. The first-order valence-electron chi connectivity index (χ1n) is 7.44. The number of hydrogen-bond acceptors (Lipinski definition) is 2. The Morgan fingerprint density at radius 3 is 2.48 bits per heavy atom.